The van der Waals surface area contributed by atoms with E-state index in [1.54, 1.807) is 6.21 Å². The molecular formula is C22H16IN5. The third kappa shape index (κ3) is 3.75. The Morgan fingerprint density at radius 1 is 1.07 bits per heavy atom. The lowest BCUT2D eigenvalue weighted by Crippen LogP contribution is -1.93. The van der Waals surface area contributed by atoms with Gasteiger partial charge in [-0.3, -0.25) is 5.10 Å². The summed E-state index contributed by atoms with van der Waals surface area (Å²) in [6.07, 6.45) is 1.75. The molecule has 0 aliphatic rings. The highest BCUT2D eigenvalue weighted by atomic mass is 127. The van der Waals surface area contributed by atoms with Gasteiger partial charge in [0, 0.05) is 21.9 Å². The molecule has 2 N–H and O–H groups in total. The van der Waals surface area contributed by atoms with E-state index in [1.807, 2.05) is 36.4 Å². The number of aliphatic imine (C=N–C) groups is 1. The van der Waals surface area contributed by atoms with E-state index < -0.39 is 0 Å². The quantitative estimate of drug-likeness (QED) is 0.215. The second-order valence-corrected chi connectivity index (χ2v) is 6.95. The lowest BCUT2D eigenvalue weighted by molar-refractivity contribution is 1.09. The number of H-pyrrole nitrogens is 1. The van der Waals surface area contributed by atoms with Crippen LogP contribution in [-0.4, -0.2) is 16.4 Å². The van der Waals surface area contributed by atoms with Crippen LogP contribution in [0.3, 0.4) is 0 Å². The minimum absolute atomic E-state index is 0.363. The maximum atomic E-state index is 9.59. The van der Waals surface area contributed by atoms with E-state index >= 15 is 0 Å². The molecule has 0 aliphatic carbocycles. The largest absolute Gasteiger partial charge is 0.339 e. The van der Waals surface area contributed by atoms with E-state index in [1.165, 1.54) is 5.56 Å². The number of benzene rings is 3. The topological polar surface area (TPSA) is 76.9 Å². The Bertz CT molecular complexity index is 1180. The van der Waals surface area contributed by atoms with Crippen molar-refractivity contribution in [3.63, 3.8) is 0 Å². The molecule has 4 rings (SSSR count). The molecule has 0 atom stereocenters. The summed E-state index contributed by atoms with van der Waals surface area (Å²) in [6, 6.07) is 24.4. The molecule has 5 nitrogen and oxygen atoms in total. The number of halogens is 1. The summed E-state index contributed by atoms with van der Waals surface area (Å²) in [5.41, 5.74) is 3.50. The van der Waals surface area contributed by atoms with Crippen LogP contribution in [0.2, 0.25) is 0 Å². The average molecular weight is 477 g/mol. The predicted molar refractivity (Wildman–Crippen MR) is 122 cm³/mol. The van der Waals surface area contributed by atoms with Crippen molar-refractivity contribution in [2.24, 2.45) is 4.99 Å². The van der Waals surface area contributed by atoms with Gasteiger partial charge in [-0.15, -0.1) is 0 Å². The SMILES string of the molecule is N#Cc1c(N=Cc2cccc3ccccc23)n[nH]c1Nc1ccc(CI)cc1. The lowest BCUT2D eigenvalue weighted by atomic mass is 10.1. The number of alkyl halides is 1. The van der Waals surface area contributed by atoms with Crippen LogP contribution in [-0.2, 0) is 4.43 Å². The van der Waals surface area contributed by atoms with E-state index in [0.717, 1.165) is 26.5 Å². The monoisotopic (exact) mass is 477 g/mol. The second kappa shape index (κ2) is 8.23. The molecule has 0 unspecified atom stereocenters. The minimum atomic E-state index is 0.363. The summed E-state index contributed by atoms with van der Waals surface area (Å²) in [6.45, 7) is 0. The fourth-order valence-electron chi connectivity index (χ4n) is 2.94. The molecule has 1 aromatic heterocycles. The molecule has 0 fully saturated rings. The van der Waals surface area contributed by atoms with Gasteiger partial charge >= 0.3 is 0 Å². The third-order valence-corrected chi connectivity index (χ3v) is 5.27. The summed E-state index contributed by atoms with van der Waals surface area (Å²) < 4.78 is 0.957. The van der Waals surface area contributed by atoms with Crippen LogP contribution in [0.15, 0.2) is 71.7 Å². The number of fused-ring (bicyclic) bond motifs is 1. The molecule has 6 heteroatoms. The summed E-state index contributed by atoms with van der Waals surface area (Å²) in [7, 11) is 0. The maximum Gasteiger partial charge on any atom is 0.193 e. The van der Waals surface area contributed by atoms with Crippen LogP contribution in [0.1, 0.15) is 16.7 Å². The molecule has 28 heavy (non-hydrogen) atoms. The first-order valence-electron chi connectivity index (χ1n) is 8.70. The Hall–Kier alpha value is -3.18. The van der Waals surface area contributed by atoms with Crippen molar-refractivity contribution >= 4 is 56.9 Å². The summed E-state index contributed by atoms with van der Waals surface area (Å²) in [5, 5.41) is 22.1. The first-order chi connectivity index (χ1) is 13.8. The van der Waals surface area contributed by atoms with Gasteiger partial charge in [0.05, 0.1) is 0 Å². The number of hydrogen-bond donors (Lipinski definition) is 2. The Morgan fingerprint density at radius 3 is 2.64 bits per heavy atom. The van der Waals surface area contributed by atoms with Crippen LogP contribution in [0, 0.1) is 11.3 Å². The Balaban J connectivity index is 1.62. The van der Waals surface area contributed by atoms with Crippen LogP contribution in [0.25, 0.3) is 10.8 Å². The molecule has 0 saturated carbocycles. The number of hydrogen-bond acceptors (Lipinski definition) is 4. The van der Waals surface area contributed by atoms with Gasteiger partial charge in [-0.05, 0) is 28.5 Å². The van der Waals surface area contributed by atoms with Gasteiger partial charge in [-0.1, -0.05) is 77.2 Å². The Kier molecular flexibility index (Phi) is 5.35. The highest BCUT2D eigenvalue weighted by Gasteiger charge is 2.12. The molecule has 0 aliphatic heterocycles. The normalized spacial score (nSPS) is 11.0. The van der Waals surface area contributed by atoms with Crippen molar-refractivity contribution in [1.82, 2.24) is 10.2 Å². The van der Waals surface area contributed by atoms with Crippen molar-refractivity contribution in [2.75, 3.05) is 5.32 Å². The average Bonchev–Trinajstić information content (AvgIpc) is 3.14. The number of aromatic amines is 1. The van der Waals surface area contributed by atoms with Crippen molar-refractivity contribution in [1.29, 1.82) is 5.26 Å². The predicted octanol–water partition coefficient (Wildman–Crippen LogP) is 5.86. The first kappa shape index (κ1) is 18.2. The van der Waals surface area contributed by atoms with E-state index in [0.29, 0.717) is 17.2 Å². The molecular weight excluding hydrogens is 461 g/mol. The molecule has 0 saturated heterocycles. The van der Waals surface area contributed by atoms with Crippen LogP contribution < -0.4 is 5.32 Å². The summed E-state index contributed by atoms with van der Waals surface area (Å²) >= 11 is 2.33. The smallest absolute Gasteiger partial charge is 0.193 e. The fraction of sp³-hybridized carbons (Fsp3) is 0.0455. The zero-order valence-electron chi connectivity index (χ0n) is 14.9. The number of aromatic nitrogens is 2. The minimum Gasteiger partial charge on any atom is -0.339 e. The summed E-state index contributed by atoms with van der Waals surface area (Å²) in [5.74, 6) is 0.900. The van der Waals surface area contributed by atoms with Gasteiger partial charge in [0.2, 0.25) is 0 Å². The van der Waals surface area contributed by atoms with Gasteiger partial charge in [0.1, 0.15) is 17.5 Å². The van der Waals surface area contributed by atoms with Crippen molar-refractivity contribution in [3.8, 4) is 6.07 Å². The Morgan fingerprint density at radius 2 is 1.86 bits per heavy atom. The Labute approximate surface area is 176 Å². The molecule has 0 spiro atoms. The van der Waals surface area contributed by atoms with E-state index in [2.05, 4.69) is 79.5 Å². The van der Waals surface area contributed by atoms with E-state index in [4.69, 9.17) is 0 Å². The van der Waals surface area contributed by atoms with Gasteiger partial charge in [0.25, 0.3) is 0 Å². The van der Waals surface area contributed by atoms with Crippen LogP contribution >= 0.6 is 22.6 Å². The number of nitrogens with zero attached hydrogens (tertiary/aromatic N) is 3. The van der Waals surface area contributed by atoms with E-state index in [-0.39, 0.29) is 0 Å². The molecule has 3 aromatic carbocycles. The number of nitrogens with one attached hydrogen (secondary N) is 2. The van der Waals surface area contributed by atoms with E-state index in [9.17, 15) is 5.26 Å². The number of nitriles is 1. The first-order valence-corrected chi connectivity index (χ1v) is 10.2. The standard InChI is InChI=1S/C22H16IN5/c23-12-15-8-10-18(11-9-15)26-22-20(13-24)21(27-28-22)25-14-17-6-3-5-16-4-1-2-7-19(16)17/h1-11,14H,12H2,(H2,26,27,28). The number of rotatable bonds is 5. The molecule has 1 heterocycles. The van der Waals surface area contributed by atoms with Gasteiger partial charge in [0.15, 0.2) is 5.82 Å². The zero-order valence-corrected chi connectivity index (χ0v) is 17.0. The van der Waals surface area contributed by atoms with Crippen molar-refractivity contribution in [2.45, 2.75) is 4.43 Å². The fourth-order valence-corrected chi connectivity index (χ4v) is 3.45. The highest BCUT2D eigenvalue weighted by Crippen LogP contribution is 2.26. The van der Waals surface area contributed by atoms with Crippen LogP contribution in [0.4, 0.5) is 17.3 Å². The van der Waals surface area contributed by atoms with Gasteiger partial charge in [-0.2, -0.15) is 10.4 Å². The lowest BCUT2D eigenvalue weighted by Gasteiger charge is -2.04. The third-order valence-electron chi connectivity index (χ3n) is 4.39. The molecule has 136 valence electrons. The second-order valence-electron chi connectivity index (χ2n) is 6.19. The van der Waals surface area contributed by atoms with Crippen LogP contribution in [0.5, 0.6) is 0 Å². The zero-order chi connectivity index (χ0) is 19.3. The highest BCUT2D eigenvalue weighted by molar-refractivity contribution is 14.1. The molecule has 0 radical (unpaired) electrons. The maximum absolute atomic E-state index is 9.59. The number of anilines is 2. The molecule has 4 aromatic rings. The van der Waals surface area contributed by atoms with Crippen molar-refractivity contribution < 1.29 is 0 Å². The molecule has 0 amide bonds. The van der Waals surface area contributed by atoms with Gasteiger partial charge < -0.3 is 5.32 Å². The molecule has 0 bridgehead atoms. The summed E-state index contributed by atoms with van der Waals surface area (Å²) in [4.78, 5) is 4.46. The van der Waals surface area contributed by atoms with Crippen molar-refractivity contribution in [3.05, 3.63) is 83.4 Å². The van der Waals surface area contributed by atoms with Gasteiger partial charge in [-0.25, -0.2) is 4.99 Å².